The van der Waals surface area contributed by atoms with Crippen molar-refractivity contribution in [2.75, 3.05) is 19.6 Å². The topological polar surface area (TPSA) is 86.7 Å². The van der Waals surface area contributed by atoms with E-state index < -0.39 is 22.1 Å². The minimum Gasteiger partial charge on any atom is -0.481 e. The summed E-state index contributed by atoms with van der Waals surface area (Å²) in [5.74, 6) is -1.69. The predicted molar refractivity (Wildman–Crippen MR) is 49.8 cm³/mol. The number of carbonyl (C=O) groups is 1. The monoisotopic (exact) mass is 220 g/mol. The molecule has 1 atom stereocenters. The first-order chi connectivity index (χ1) is 6.47. The first kappa shape index (κ1) is 11.2. The third-order valence-corrected chi connectivity index (χ3v) is 3.47. The second kappa shape index (κ2) is 4.07. The van der Waals surface area contributed by atoms with Crippen LogP contribution in [0.5, 0.6) is 0 Å². The number of aliphatic carboxylic acids is 1. The molecule has 0 bridgehead atoms. The van der Waals surface area contributed by atoms with Crippen molar-refractivity contribution in [3.8, 4) is 0 Å². The zero-order valence-corrected chi connectivity index (χ0v) is 8.33. The number of rotatable bonds is 3. The second-order valence-corrected chi connectivity index (χ2v) is 4.75. The van der Waals surface area contributed by atoms with Crippen LogP contribution in [-0.4, -0.2) is 43.4 Å². The van der Waals surface area contributed by atoms with E-state index in [2.05, 4.69) is 11.3 Å². The zero-order chi connectivity index (χ0) is 10.8. The van der Waals surface area contributed by atoms with E-state index in [-0.39, 0.29) is 19.6 Å². The predicted octanol–water partition coefficient (Wildman–Crippen LogP) is -0.977. The fraction of sp³-hybridized carbons (Fsp3) is 0.571. The second-order valence-electron chi connectivity index (χ2n) is 2.99. The molecule has 1 heterocycles. The molecule has 80 valence electrons. The SMILES string of the molecule is C=CCN1CC(C(=O)O)CNS1(=O)=O. The van der Waals surface area contributed by atoms with Gasteiger partial charge in [0.2, 0.25) is 0 Å². The Kier molecular flexibility index (Phi) is 3.25. The van der Waals surface area contributed by atoms with Crippen LogP contribution in [0.1, 0.15) is 0 Å². The van der Waals surface area contributed by atoms with Gasteiger partial charge in [-0.25, -0.2) is 4.72 Å². The molecular formula is C7H12N2O4S. The van der Waals surface area contributed by atoms with Crippen LogP contribution in [0.4, 0.5) is 0 Å². The molecule has 0 aromatic carbocycles. The van der Waals surface area contributed by atoms with Gasteiger partial charge in [0, 0.05) is 19.6 Å². The molecule has 0 radical (unpaired) electrons. The number of nitrogens with zero attached hydrogens (tertiary/aromatic N) is 1. The van der Waals surface area contributed by atoms with Crippen molar-refractivity contribution in [3.05, 3.63) is 12.7 Å². The molecule has 14 heavy (non-hydrogen) atoms. The van der Waals surface area contributed by atoms with Gasteiger partial charge in [0.1, 0.15) is 0 Å². The van der Waals surface area contributed by atoms with Gasteiger partial charge in [0.25, 0.3) is 10.2 Å². The lowest BCUT2D eigenvalue weighted by molar-refractivity contribution is -0.141. The fourth-order valence-electron chi connectivity index (χ4n) is 1.19. The minimum absolute atomic E-state index is 0.00329. The largest absolute Gasteiger partial charge is 0.481 e. The lowest BCUT2D eigenvalue weighted by atomic mass is 10.1. The Morgan fingerprint density at radius 2 is 2.36 bits per heavy atom. The molecule has 6 nitrogen and oxygen atoms in total. The van der Waals surface area contributed by atoms with E-state index in [0.717, 1.165) is 4.31 Å². The summed E-state index contributed by atoms with van der Waals surface area (Å²) in [6.07, 6.45) is 1.42. The van der Waals surface area contributed by atoms with Gasteiger partial charge in [-0.2, -0.15) is 12.7 Å². The van der Waals surface area contributed by atoms with Crippen LogP contribution in [0.3, 0.4) is 0 Å². The molecule has 0 spiro atoms. The number of nitrogens with one attached hydrogen (secondary N) is 1. The van der Waals surface area contributed by atoms with Gasteiger partial charge < -0.3 is 5.11 Å². The molecule has 1 rings (SSSR count). The third-order valence-electron chi connectivity index (χ3n) is 1.96. The van der Waals surface area contributed by atoms with Crippen LogP contribution in [-0.2, 0) is 15.0 Å². The minimum atomic E-state index is -3.50. The summed E-state index contributed by atoms with van der Waals surface area (Å²) in [5.41, 5.74) is 0. The van der Waals surface area contributed by atoms with E-state index >= 15 is 0 Å². The number of hydrogen-bond donors (Lipinski definition) is 2. The Morgan fingerprint density at radius 3 is 2.86 bits per heavy atom. The van der Waals surface area contributed by atoms with Crippen LogP contribution >= 0.6 is 0 Å². The maximum Gasteiger partial charge on any atom is 0.309 e. The van der Waals surface area contributed by atoms with Crippen LogP contribution < -0.4 is 4.72 Å². The van der Waals surface area contributed by atoms with E-state index in [9.17, 15) is 13.2 Å². The normalized spacial score (nSPS) is 27.0. The molecule has 0 saturated carbocycles. The number of carboxylic acid groups (broad SMARTS) is 1. The first-order valence-electron chi connectivity index (χ1n) is 4.06. The summed E-state index contributed by atoms with van der Waals surface area (Å²) in [6.45, 7) is 3.48. The highest BCUT2D eigenvalue weighted by molar-refractivity contribution is 7.87. The van der Waals surface area contributed by atoms with Crippen molar-refractivity contribution in [3.63, 3.8) is 0 Å². The number of carboxylic acids is 1. The highest BCUT2D eigenvalue weighted by atomic mass is 32.2. The maximum atomic E-state index is 11.3. The molecule has 1 unspecified atom stereocenters. The molecular weight excluding hydrogens is 208 g/mol. The molecule has 0 aliphatic carbocycles. The van der Waals surface area contributed by atoms with Crippen molar-refractivity contribution in [1.29, 1.82) is 0 Å². The van der Waals surface area contributed by atoms with E-state index in [4.69, 9.17) is 5.11 Å². The first-order valence-corrected chi connectivity index (χ1v) is 5.50. The van der Waals surface area contributed by atoms with Crippen molar-refractivity contribution < 1.29 is 18.3 Å². The van der Waals surface area contributed by atoms with E-state index in [0.29, 0.717) is 0 Å². The summed E-state index contributed by atoms with van der Waals surface area (Å²) in [7, 11) is -3.50. The van der Waals surface area contributed by atoms with Gasteiger partial charge in [-0.15, -0.1) is 6.58 Å². The summed E-state index contributed by atoms with van der Waals surface area (Å²) < 4.78 is 25.9. The van der Waals surface area contributed by atoms with Crippen molar-refractivity contribution in [2.24, 2.45) is 5.92 Å². The summed E-state index contributed by atoms with van der Waals surface area (Å²) in [4.78, 5) is 10.6. The van der Waals surface area contributed by atoms with Gasteiger partial charge >= 0.3 is 5.97 Å². The van der Waals surface area contributed by atoms with Crippen LogP contribution in [0.15, 0.2) is 12.7 Å². The summed E-state index contributed by atoms with van der Waals surface area (Å²) in [6, 6.07) is 0. The molecule has 1 aliphatic rings. The molecule has 0 aromatic rings. The average Bonchev–Trinajstić information content (AvgIpc) is 2.08. The lowest BCUT2D eigenvalue weighted by Gasteiger charge is -2.29. The molecule has 1 fully saturated rings. The molecule has 0 aromatic heterocycles. The molecule has 1 saturated heterocycles. The lowest BCUT2D eigenvalue weighted by Crippen LogP contribution is -2.53. The third kappa shape index (κ3) is 2.31. The Balaban J connectivity index is 2.77. The maximum absolute atomic E-state index is 11.3. The van der Waals surface area contributed by atoms with Crippen LogP contribution in [0, 0.1) is 5.92 Å². The average molecular weight is 220 g/mol. The fourth-order valence-corrected chi connectivity index (χ4v) is 2.46. The zero-order valence-electron chi connectivity index (χ0n) is 7.51. The Morgan fingerprint density at radius 1 is 1.71 bits per heavy atom. The highest BCUT2D eigenvalue weighted by Gasteiger charge is 2.33. The van der Waals surface area contributed by atoms with E-state index in [1.807, 2.05) is 0 Å². The smallest absolute Gasteiger partial charge is 0.309 e. The molecule has 1 aliphatic heterocycles. The Hall–Kier alpha value is -0.920. The summed E-state index contributed by atoms with van der Waals surface area (Å²) in [5, 5.41) is 8.71. The quantitative estimate of drug-likeness (QED) is 0.599. The molecule has 0 amide bonds. The van der Waals surface area contributed by atoms with Gasteiger partial charge in [0.05, 0.1) is 5.92 Å². The summed E-state index contributed by atoms with van der Waals surface area (Å²) >= 11 is 0. The van der Waals surface area contributed by atoms with E-state index in [1.54, 1.807) is 0 Å². The number of hydrogen-bond acceptors (Lipinski definition) is 3. The van der Waals surface area contributed by atoms with Gasteiger partial charge in [-0.1, -0.05) is 6.08 Å². The van der Waals surface area contributed by atoms with Gasteiger partial charge in [0.15, 0.2) is 0 Å². The Labute approximate surface area is 82.4 Å². The van der Waals surface area contributed by atoms with Crippen LogP contribution in [0.25, 0.3) is 0 Å². The van der Waals surface area contributed by atoms with Crippen molar-refractivity contribution in [2.45, 2.75) is 0 Å². The van der Waals surface area contributed by atoms with Gasteiger partial charge in [-0.05, 0) is 0 Å². The van der Waals surface area contributed by atoms with Crippen LogP contribution in [0.2, 0.25) is 0 Å². The van der Waals surface area contributed by atoms with Gasteiger partial charge in [-0.3, -0.25) is 4.79 Å². The van der Waals surface area contributed by atoms with Crippen molar-refractivity contribution in [1.82, 2.24) is 9.03 Å². The highest BCUT2D eigenvalue weighted by Crippen LogP contribution is 2.11. The van der Waals surface area contributed by atoms with Crippen molar-refractivity contribution >= 4 is 16.2 Å². The molecule has 7 heteroatoms. The molecule has 2 N–H and O–H groups in total. The van der Waals surface area contributed by atoms with E-state index in [1.165, 1.54) is 6.08 Å². The standard InChI is InChI=1S/C7H12N2O4S/c1-2-3-9-5-6(7(10)11)4-8-14(9,12)13/h2,6,8H,1,3-5H2,(H,10,11). The Bertz CT molecular complexity index is 338.